The Bertz CT molecular complexity index is 273. The highest BCUT2D eigenvalue weighted by molar-refractivity contribution is 7.09. The van der Waals surface area contributed by atoms with E-state index >= 15 is 0 Å². The normalized spacial score (nSPS) is 29.3. The van der Waals surface area contributed by atoms with Gasteiger partial charge in [0.1, 0.15) is 0 Å². The van der Waals surface area contributed by atoms with Crippen molar-refractivity contribution in [3.63, 3.8) is 0 Å². The van der Waals surface area contributed by atoms with Gasteiger partial charge in [-0.1, -0.05) is 13.0 Å². The lowest BCUT2D eigenvalue weighted by atomic mass is 9.99. The first-order valence-electron chi connectivity index (χ1n) is 5.14. The fraction of sp³-hybridized carbons (Fsp3) is 0.636. The number of rotatable bonds is 2. The lowest BCUT2D eigenvalue weighted by molar-refractivity contribution is 0.191. The summed E-state index contributed by atoms with van der Waals surface area (Å²) in [5, 5.41) is 2.48. The molecule has 1 aliphatic rings. The SMILES string of the molecule is CC1CCN(Cc2cccs2)CC1Cl. The van der Waals surface area contributed by atoms with Crippen molar-refractivity contribution in [3.05, 3.63) is 22.4 Å². The molecule has 0 spiro atoms. The summed E-state index contributed by atoms with van der Waals surface area (Å²) < 4.78 is 0. The van der Waals surface area contributed by atoms with Gasteiger partial charge in [-0.05, 0) is 30.3 Å². The topological polar surface area (TPSA) is 3.24 Å². The summed E-state index contributed by atoms with van der Waals surface area (Å²) in [5.74, 6) is 0.677. The molecule has 1 aromatic rings. The standard InChI is InChI=1S/C11H16ClNS/c1-9-4-5-13(8-11(9)12)7-10-3-2-6-14-10/h2-3,6,9,11H,4-5,7-8H2,1H3. The molecule has 3 heteroatoms. The van der Waals surface area contributed by atoms with Gasteiger partial charge in [0.15, 0.2) is 0 Å². The molecule has 0 radical (unpaired) electrons. The largest absolute Gasteiger partial charge is 0.297 e. The highest BCUT2D eigenvalue weighted by atomic mass is 35.5. The average Bonchev–Trinajstić information content (AvgIpc) is 2.64. The molecule has 2 atom stereocenters. The minimum absolute atomic E-state index is 0.337. The van der Waals surface area contributed by atoms with Crippen LogP contribution in [0.3, 0.4) is 0 Å². The lowest BCUT2D eigenvalue weighted by Gasteiger charge is -2.33. The molecule has 14 heavy (non-hydrogen) atoms. The van der Waals surface area contributed by atoms with Gasteiger partial charge in [0.05, 0.1) is 0 Å². The van der Waals surface area contributed by atoms with Gasteiger partial charge in [0, 0.05) is 23.3 Å². The van der Waals surface area contributed by atoms with E-state index in [1.807, 2.05) is 11.3 Å². The summed E-state index contributed by atoms with van der Waals surface area (Å²) in [4.78, 5) is 3.91. The molecule has 2 heterocycles. The second-order valence-electron chi connectivity index (χ2n) is 4.10. The Labute approximate surface area is 94.7 Å². The average molecular weight is 230 g/mol. The second kappa shape index (κ2) is 4.65. The highest BCUT2D eigenvalue weighted by Crippen LogP contribution is 2.23. The molecule has 0 aliphatic carbocycles. The number of piperidine rings is 1. The van der Waals surface area contributed by atoms with Crippen LogP contribution in [0.1, 0.15) is 18.2 Å². The number of thiophene rings is 1. The van der Waals surface area contributed by atoms with Crippen LogP contribution in [-0.2, 0) is 6.54 Å². The summed E-state index contributed by atoms with van der Waals surface area (Å²) in [6, 6.07) is 4.32. The van der Waals surface area contributed by atoms with Crippen molar-refractivity contribution in [3.8, 4) is 0 Å². The molecule has 1 saturated heterocycles. The van der Waals surface area contributed by atoms with Gasteiger partial charge in [-0.2, -0.15) is 0 Å². The maximum Gasteiger partial charge on any atom is 0.0489 e. The van der Waals surface area contributed by atoms with E-state index in [1.54, 1.807) is 0 Å². The summed E-state index contributed by atoms with van der Waals surface area (Å²) in [7, 11) is 0. The third kappa shape index (κ3) is 2.50. The van der Waals surface area contributed by atoms with Crippen LogP contribution >= 0.6 is 22.9 Å². The predicted molar refractivity (Wildman–Crippen MR) is 63.0 cm³/mol. The monoisotopic (exact) mass is 229 g/mol. The molecule has 1 aromatic heterocycles. The molecule has 0 aromatic carbocycles. The van der Waals surface area contributed by atoms with Crippen molar-refractivity contribution in [2.24, 2.45) is 5.92 Å². The maximum atomic E-state index is 6.26. The molecular weight excluding hydrogens is 214 g/mol. The molecule has 1 aliphatic heterocycles. The van der Waals surface area contributed by atoms with Crippen LogP contribution in [-0.4, -0.2) is 23.4 Å². The van der Waals surface area contributed by atoms with Gasteiger partial charge < -0.3 is 0 Å². The minimum Gasteiger partial charge on any atom is -0.297 e. The number of alkyl halides is 1. The van der Waals surface area contributed by atoms with E-state index in [0.717, 1.165) is 13.1 Å². The summed E-state index contributed by atoms with van der Waals surface area (Å²) in [5.41, 5.74) is 0. The van der Waals surface area contributed by atoms with E-state index in [9.17, 15) is 0 Å². The number of likely N-dealkylation sites (tertiary alicyclic amines) is 1. The van der Waals surface area contributed by atoms with Crippen molar-refractivity contribution in [1.82, 2.24) is 4.90 Å². The van der Waals surface area contributed by atoms with Crippen LogP contribution in [0.2, 0.25) is 0 Å². The number of hydrogen-bond acceptors (Lipinski definition) is 2. The van der Waals surface area contributed by atoms with Crippen LogP contribution in [0.4, 0.5) is 0 Å². The van der Waals surface area contributed by atoms with E-state index in [2.05, 4.69) is 29.3 Å². The number of hydrogen-bond donors (Lipinski definition) is 0. The minimum atomic E-state index is 0.337. The van der Waals surface area contributed by atoms with Crippen LogP contribution in [0.25, 0.3) is 0 Å². The lowest BCUT2D eigenvalue weighted by Crippen LogP contribution is -2.39. The molecule has 1 fully saturated rings. The Morgan fingerprint density at radius 2 is 2.50 bits per heavy atom. The van der Waals surface area contributed by atoms with Gasteiger partial charge in [-0.25, -0.2) is 0 Å². The van der Waals surface area contributed by atoms with E-state index in [0.29, 0.717) is 11.3 Å². The van der Waals surface area contributed by atoms with Gasteiger partial charge in [0.2, 0.25) is 0 Å². The Hall–Kier alpha value is -0.0500. The Morgan fingerprint density at radius 3 is 3.14 bits per heavy atom. The number of halogens is 1. The van der Waals surface area contributed by atoms with Gasteiger partial charge in [-0.15, -0.1) is 22.9 Å². The smallest absolute Gasteiger partial charge is 0.0489 e. The molecule has 0 N–H and O–H groups in total. The molecule has 78 valence electrons. The number of nitrogens with zero attached hydrogens (tertiary/aromatic N) is 1. The molecule has 0 amide bonds. The van der Waals surface area contributed by atoms with Gasteiger partial charge in [-0.3, -0.25) is 4.90 Å². The molecule has 1 nitrogen and oxygen atoms in total. The molecule has 0 bridgehead atoms. The third-order valence-electron chi connectivity index (χ3n) is 2.91. The van der Waals surface area contributed by atoms with Crippen molar-refractivity contribution in [1.29, 1.82) is 0 Å². The first-order chi connectivity index (χ1) is 6.75. The summed E-state index contributed by atoms with van der Waals surface area (Å²) in [6.45, 7) is 5.57. The zero-order chi connectivity index (χ0) is 9.97. The first-order valence-corrected chi connectivity index (χ1v) is 6.46. The second-order valence-corrected chi connectivity index (χ2v) is 5.69. The Morgan fingerprint density at radius 1 is 1.64 bits per heavy atom. The highest BCUT2D eigenvalue weighted by Gasteiger charge is 2.24. The molecule has 2 unspecified atom stereocenters. The van der Waals surface area contributed by atoms with Gasteiger partial charge >= 0.3 is 0 Å². The predicted octanol–water partition coefficient (Wildman–Crippen LogP) is 3.20. The van der Waals surface area contributed by atoms with Gasteiger partial charge in [0.25, 0.3) is 0 Å². The molecule has 2 rings (SSSR count). The van der Waals surface area contributed by atoms with E-state index in [1.165, 1.54) is 17.8 Å². The zero-order valence-electron chi connectivity index (χ0n) is 8.45. The Balaban J connectivity index is 1.88. The first kappa shape index (κ1) is 10.5. The maximum absolute atomic E-state index is 6.26. The van der Waals surface area contributed by atoms with Crippen molar-refractivity contribution in [2.45, 2.75) is 25.3 Å². The van der Waals surface area contributed by atoms with E-state index < -0.39 is 0 Å². The van der Waals surface area contributed by atoms with Crippen LogP contribution in [0, 0.1) is 5.92 Å². The van der Waals surface area contributed by atoms with Crippen molar-refractivity contribution in [2.75, 3.05) is 13.1 Å². The molecular formula is C11H16ClNS. The Kier molecular flexibility index (Phi) is 3.47. The quantitative estimate of drug-likeness (QED) is 0.704. The van der Waals surface area contributed by atoms with E-state index in [4.69, 9.17) is 11.6 Å². The summed E-state index contributed by atoms with van der Waals surface area (Å²) >= 11 is 8.10. The van der Waals surface area contributed by atoms with Crippen molar-refractivity contribution >= 4 is 22.9 Å². The summed E-state index contributed by atoms with van der Waals surface area (Å²) in [6.07, 6.45) is 1.24. The van der Waals surface area contributed by atoms with Crippen molar-refractivity contribution < 1.29 is 0 Å². The van der Waals surface area contributed by atoms with Crippen LogP contribution in [0.15, 0.2) is 17.5 Å². The fourth-order valence-electron chi connectivity index (χ4n) is 1.85. The van der Waals surface area contributed by atoms with Crippen LogP contribution in [0.5, 0.6) is 0 Å². The third-order valence-corrected chi connectivity index (χ3v) is 4.34. The van der Waals surface area contributed by atoms with Crippen LogP contribution < -0.4 is 0 Å². The zero-order valence-corrected chi connectivity index (χ0v) is 10.0. The van der Waals surface area contributed by atoms with E-state index in [-0.39, 0.29) is 0 Å². The molecule has 0 saturated carbocycles. The fourth-order valence-corrected chi connectivity index (χ4v) is 2.92.